The van der Waals surface area contributed by atoms with Crippen LogP contribution in [0, 0.1) is 13.8 Å². The molecule has 8 heteroatoms. The molecule has 0 radical (unpaired) electrons. The van der Waals surface area contributed by atoms with Crippen LogP contribution in [0.5, 0.6) is 5.75 Å². The Kier molecular flexibility index (Phi) is 7.17. The fraction of sp³-hybridized carbons (Fsp3) is 0.423. The van der Waals surface area contributed by atoms with Crippen molar-refractivity contribution in [2.45, 2.75) is 46.4 Å². The number of rotatable bonds is 8. The molecule has 1 N–H and O–H groups in total. The summed E-state index contributed by atoms with van der Waals surface area (Å²) < 4.78 is 13.1. The van der Waals surface area contributed by atoms with Crippen LogP contribution in [0.2, 0.25) is 0 Å². The van der Waals surface area contributed by atoms with E-state index in [1.165, 1.54) is 0 Å². The minimum Gasteiger partial charge on any atom is -0.497 e. The molecule has 0 amide bonds. The topological polar surface area (TPSA) is 81.5 Å². The van der Waals surface area contributed by atoms with E-state index in [0.717, 1.165) is 22.7 Å². The highest BCUT2D eigenvalue weighted by Crippen LogP contribution is 2.27. The molecule has 3 heterocycles. The van der Waals surface area contributed by atoms with Crippen molar-refractivity contribution >= 4 is 11.5 Å². The maximum Gasteiger partial charge on any atom is 0.277 e. The van der Waals surface area contributed by atoms with Crippen molar-refractivity contribution in [3.05, 3.63) is 64.2 Å². The van der Waals surface area contributed by atoms with E-state index in [4.69, 9.17) is 14.5 Å². The molecule has 8 nitrogen and oxygen atoms in total. The number of methoxy groups -OCH3 is 1. The minimum atomic E-state index is -0.0771. The van der Waals surface area contributed by atoms with Crippen LogP contribution in [0.1, 0.15) is 25.1 Å². The van der Waals surface area contributed by atoms with Gasteiger partial charge >= 0.3 is 0 Å². The normalized spacial score (nSPS) is 17.7. The summed E-state index contributed by atoms with van der Waals surface area (Å²) in [6, 6.07) is 11.6. The third kappa shape index (κ3) is 4.63. The molecule has 0 bridgehead atoms. The first kappa shape index (κ1) is 23.8. The number of anilines is 2. The van der Waals surface area contributed by atoms with Gasteiger partial charge in [-0.3, -0.25) is 9.36 Å². The van der Waals surface area contributed by atoms with Gasteiger partial charge in [0.25, 0.3) is 5.56 Å². The van der Waals surface area contributed by atoms with Gasteiger partial charge in [-0.05, 0) is 63.6 Å². The third-order valence-electron chi connectivity index (χ3n) is 6.29. The zero-order valence-corrected chi connectivity index (χ0v) is 20.5. The number of nitrogens with one attached hydrogen (secondary N) is 1. The molecular formula is C26H33N5O3. The van der Waals surface area contributed by atoms with Gasteiger partial charge < -0.3 is 19.7 Å². The summed E-state index contributed by atoms with van der Waals surface area (Å²) in [7, 11) is 1.65. The van der Waals surface area contributed by atoms with Gasteiger partial charge in [-0.15, -0.1) is 0 Å². The Balaban J connectivity index is 1.67. The summed E-state index contributed by atoms with van der Waals surface area (Å²) in [6.45, 7) is 10.4. The van der Waals surface area contributed by atoms with Gasteiger partial charge in [-0.1, -0.05) is 6.07 Å². The number of aryl methyl sites for hydroxylation is 2. The maximum absolute atomic E-state index is 13.6. The highest BCUT2D eigenvalue weighted by molar-refractivity contribution is 5.64. The molecule has 2 atom stereocenters. The van der Waals surface area contributed by atoms with E-state index < -0.39 is 0 Å². The van der Waals surface area contributed by atoms with Gasteiger partial charge in [0.2, 0.25) is 0 Å². The molecule has 1 aromatic carbocycles. The molecule has 4 rings (SSSR count). The van der Waals surface area contributed by atoms with Crippen LogP contribution in [-0.4, -0.2) is 53.5 Å². The number of hydrogen-bond acceptors (Lipinski definition) is 7. The number of benzene rings is 1. The standard InChI is InChI=1S/C26H33N5O3/c1-6-31-25(20-12-11-19(33-5)14-17(20)3)28-18(4)24(26(31)32)29-21-15-30(16-22(21)34-7-2)23-10-8-9-13-27-23/h8-14,21-22,29H,6-7,15-16H2,1-5H3. The summed E-state index contributed by atoms with van der Waals surface area (Å²) in [4.78, 5) is 25.2. The van der Waals surface area contributed by atoms with Crippen molar-refractivity contribution in [2.24, 2.45) is 0 Å². The Morgan fingerprint density at radius 3 is 2.62 bits per heavy atom. The number of ether oxygens (including phenoxy) is 2. The van der Waals surface area contributed by atoms with Gasteiger partial charge in [0.05, 0.1) is 24.9 Å². The summed E-state index contributed by atoms with van der Waals surface area (Å²) in [5, 5.41) is 3.49. The van der Waals surface area contributed by atoms with Gasteiger partial charge in [-0.25, -0.2) is 9.97 Å². The van der Waals surface area contributed by atoms with Crippen molar-refractivity contribution in [3.8, 4) is 17.1 Å². The zero-order chi connectivity index (χ0) is 24.2. The largest absolute Gasteiger partial charge is 0.497 e. The van der Waals surface area contributed by atoms with E-state index in [2.05, 4.69) is 15.2 Å². The summed E-state index contributed by atoms with van der Waals surface area (Å²) in [5.41, 5.74) is 3.04. The Bertz CT molecular complexity index is 1200. The van der Waals surface area contributed by atoms with Crippen LogP contribution in [-0.2, 0) is 11.3 Å². The van der Waals surface area contributed by atoms with E-state index in [1.807, 2.05) is 64.1 Å². The van der Waals surface area contributed by atoms with Crippen LogP contribution in [0.3, 0.4) is 0 Å². The molecule has 0 spiro atoms. The first-order valence-electron chi connectivity index (χ1n) is 11.8. The lowest BCUT2D eigenvalue weighted by molar-refractivity contribution is 0.0720. The molecule has 3 aromatic rings. The first-order chi connectivity index (χ1) is 16.5. The third-order valence-corrected chi connectivity index (χ3v) is 6.29. The number of nitrogens with zero attached hydrogens (tertiary/aromatic N) is 4. The van der Waals surface area contributed by atoms with E-state index >= 15 is 0 Å². The van der Waals surface area contributed by atoms with Crippen molar-refractivity contribution in [1.82, 2.24) is 14.5 Å². The number of hydrogen-bond donors (Lipinski definition) is 1. The lowest BCUT2D eigenvalue weighted by atomic mass is 10.1. The van der Waals surface area contributed by atoms with Crippen LogP contribution in [0.15, 0.2) is 47.4 Å². The lowest BCUT2D eigenvalue weighted by Gasteiger charge is -2.23. The average molecular weight is 464 g/mol. The SMILES string of the molecule is CCOC1CN(c2ccccn2)CC1Nc1c(C)nc(-c2ccc(OC)cc2C)n(CC)c1=O. The fourth-order valence-corrected chi connectivity index (χ4v) is 4.55. The van der Waals surface area contributed by atoms with E-state index in [1.54, 1.807) is 17.9 Å². The first-order valence-corrected chi connectivity index (χ1v) is 11.8. The minimum absolute atomic E-state index is 0.0611. The summed E-state index contributed by atoms with van der Waals surface area (Å²) >= 11 is 0. The maximum atomic E-state index is 13.6. The predicted molar refractivity (Wildman–Crippen MR) is 135 cm³/mol. The molecule has 1 aliphatic heterocycles. The van der Waals surface area contributed by atoms with E-state index in [9.17, 15) is 4.79 Å². The van der Waals surface area contributed by atoms with Crippen molar-refractivity contribution < 1.29 is 9.47 Å². The van der Waals surface area contributed by atoms with Crippen molar-refractivity contribution in [1.29, 1.82) is 0 Å². The second-order valence-electron chi connectivity index (χ2n) is 8.46. The highest BCUT2D eigenvalue weighted by Gasteiger charge is 2.35. The molecule has 2 unspecified atom stereocenters. The Morgan fingerprint density at radius 2 is 1.97 bits per heavy atom. The van der Waals surface area contributed by atoms with Crippen LogP contribution in [0.4, 0.5) is 11.5 Å². The second-order valence-corrected chi connectivity index (χ2v) is 8.46. The number of pyridine rings is 1. The molecule has 1 aliphatic rings. The van der Waals surface area contributed by atoms with Crippen LogP contribution < -0.4 is 20.5 Å². The van der Waals surface area contributed by atoms with Gasteiger partial charge in [0, 0.05) is 38.0 Å². The van der Waals surface area contributed by atoms with Crippen LogP contribution in [0.25, 0.3) is 11.4 Å². The molecule has 1 saturated heterocycles. The summed E-state index contributed by atoms with van der Waals surface area (Å²) in [5.74, 6) is 2.35. The van der Waals surface area contributed by atoms with Gasteiger partial charge in [0.1, 0.15) is 23.1 Å². The fourth-order valence-electron chi connectivity index (χ4n) is 4.55. The molecule has 2 aromatic heterocycles. The molecule has 34 heavy (non-hydrogen) atoms. The number of aromatic nitrogens is 3. The van der Waals surface area contributed by atoms with Crippen molar-refractivity contribution in [2.75, 3.05) is 37.0 Å². The monoisotopic (exact) mass is 463 g/mol. The Labute approximate surface area is 200 Å². The average Bonchev–Trinajstić information content (AvgIpc) is 3.24. The van der Waals surface area contributed by atoms with Crippen molar-refractivity contribution in [3.63, 3.8) is 0 Å². The molecule has 180 valence electrons. The zero-order valence-electron chi connectivity index (χ0n) is 20.5. The molecule has 0 aliphatic carbocycles. The summed E-state index contributed by atoms with van der Waals surface area (Å²) in [6.07, 6.45) is 1.73. The Hall–Kier alpha value is -3.39. The van der Waals surface area contributed by atoms with E-state index in [-0.39, 0.29) is 17.7 Å². The quantitative estimate of drug-likeness (QED) is 0.546. The highest BCUT2D eigenvalue weighted by atomic mass is 16.5. The Morgan fingerprint density at radius 1 is 1.15 bits per heavy atom. The molecule has 1 fully saturated rings. The van der Waals surface area contributed by atoms with Gasteiger partial charge in [0.15, 0.2) is 0 Å². The van der Waals surface area contributed by atoms with Crippen LogP contribution >= 0.6 is 0 Å². The molecular weight excluding hydrogens is 430 g/mol. The van der Waals surface area contributed by atoms with E-state index in [0.29, 0.717) is 43.4 Å². The second kappa shape index (κ2) is 10.3. The van der Waals surface area contributed by atoms with Gasteiger partial charge in [-0.2, -0.15) is 0 Å². The lowest BCUT2D eigenvalue weighted by Crippen LogP contribution is -2.38. The molecule has 0 saturated carbocycles. The predicted octanol–water partition coefficient (Wildman–Crippen LogP) is 3.66. The smallest absolute Gasteiger partial charge is 0.277 e.